The van der Waals surface area contributed by atoms with Gasteiger partial charge in [-0.3, -0.25) is 9.59 Å². The Bertz CT molecular complexity index is 1240. The van der Waals surface area contributed by atoms with Crippen molar-refractivity contribution in [2.75, 3.05) is 11.1 Å². The van der Waals surface area contributed by atoms with Gasteiger partial charge in [0.2, 0.25) is 5.91 Å². The summed E-state index contributed by atoms with van der Waals surface area (Å²) >= 11 is 3.05. The number of carbonyl (C=O) groups is 2. The van der Waals surface area contributed by atoms with Crippen LogP contribution in [0.2, 0.25) is 0 Å². The van der Waals surface area contributed by atoms with Crippen LogP contribution in [0.4, 0.5) is 5.69 Å². The third-order valence-corrected chi connectivity index (χ3v) is 6.79. The lowest BCUT2D eigenvalue weighted by Gasteiger charge is -2.08. The maximum atomic E-state index is 12.4. The van der Waals surface area contributed by atoms with Crippen LogP contribution in [-0.2, 0) is 11.3 Å². The van der Waals surface area contributed by atoms with Crippen molar-refractivity contribution in [3.63, 3.8) is 0 Å². The summed E-state index contributed by atoms with van der Waals surface area (Å²) in [6.45, 7) is 4.48. The van der Waals surface area contributed by atoms with E-state index in [0.717, 1.165) is 26.4 Å². The predicted octanol–water partition coefficient (Wildman–Crippen LogP) is 4.56. The highest BCUT2D eigenvalue weighted by Crippen LogP contribution is 2.34. The van der Waals surface area contributed by atoms with Crippen molar-refractivity contribution in [2.24, 2.45) is 0 Å². The number of rotatable bonds is 7. The van der Waals surface area contributed by atoms with E-state index in [9.17, 15) is 9.59 Å². The Hall–Kier alpha value is -3.17. The molecule has 4 aromatic rings. The second kappa shape index (κ2) is 9.32. The first-order valence-electron chi connectivity index (χ1n) is 9.55. The second-order valence-corrected chi connectivity index (χ2v) is 9.01. The molecule has 31 heavy (non-hydrogen) atoms. The Morgan fingerprint density at radius 2 is 2.03 bits per heavy atom. The summed E-state index contributed by atoms with van der Waals surface area (Å²) < 4.78 is 5.10. The van der Waals surface area contributed by atoms with Gasteiger partial charge in [0.05, 0.1) is 12.0 Å². The number of hydrogen-bond donors (Lipinski definition) is 2. The quantitative estimate of drug-likeness (QED) is 0.315. The standard InChI is InChI=1S/C22H20N4O3S2/c1-13-14(2)31-22-19(13)21(24-12-25-22)30-11-18(27)23-10-15-5-3-6-16(9-15)26-20(28)17-7-4-8-29-17/h3-9,12H,10-11H2,1-2H3,(H,23,27)(H,26,28). The lowest BCUT2D eigenvalue weighted by molar-refractivity contribution is -0.118. The van der Waals surface area contributed by atoms with Crippen LogP contribution in [0.5, 0.6) is 0 Å². The monoisotopic (exact) mass is 452 g/mol. The number of aryl methyl sites for hydroxylation is 2. The number of anilines is 1. The molecule has 0 spiro atoms. The van der Waals surface area contributed by atoms with E-state index in [1.54, 1.807) is 35.9 Å². The van der Waals surface area contributed by atoms with Crippen LogP contribution < -0.4 is 10.6 Å². The molecule has 0 bridgehead atoms. The van der Waals surface area contributed by atoms with Crippen molar-refractivity contribution in [2.45, 2.75) is 25.4 Å². The number of thiophene rings is 1. The largest absolute Gasteiger partial charge is 0.459 e. The highest BCUT2D eigenvalue weighted by Gasteiger charge is 2.14. The van der Waals surface area contributed by atoms with Crippen molar-refractivity contribution in [3.8, 4) is 0 Å². The average molecular weight is 453 g/mol. The van der Waals surface area contributed by atoms with E-state index in [1.165, 1.54) is 22.9 Å². The molecule has 158 valence electrons. The van der Waals surface area contributed by atoms with E-state index in [-0.39, 0.29) is 23.3 Å². The van der Waals surface area contributed by atoms with Crippen LogP contribution in [0.25, 0.3) is 10.2 Å². The first kappa shape index (κ1) is 21.1. The third kappa shape index (κ3) is 4.95. The molecule has 0 aliphatic carbocycles. The number of carbonyl (C=O) groups excluding carboxylic acids is 2. The Kier molecular flexibility index (Phi) is 6.34. The minimum atomic E-state index is -0.322. The summed E-state index contributed by atoms with van der Waals surface area (Å²) in [5.74, 6) is 0.0877. The molecule has 0 aliphatic rings. The normalized spacial score (nSPS) is 10.9. The summed E-state index contributed by atoms with van der Waals surface area (Å²) in [6.07, 6.45) is 2.99. The molecule has 0 atom stereocenters. The fraction of sp³-hybridized carbons (Fsp3) is 0.182. The lowest BCUT2D eigenvalue weighted by atomic mass is 10.2. The molecule has 0 unspecified atom stereocenters. The Morgan fingerprint density at radius 1 is 1.16 bits per heavy atom. The second-order valence-electron chi connectivity index (χ2n) is 6.84. The van der Waals surface area contributed by atoms with Crippen molar-refractivity contribution >= 4 is 50.8 Å². The van der Waals surface area contributed by atoms with Crippen LogP contribution in [0, 0.1) is 13.8 Å². The van der Waals surface area contributed by atoms with Gasteiger partial charge in [0, 0.05) is 22.5 Å². The summed E-state index contributed by atoms with van der Waals surface area (Å²) in [4.78, 5) is 35.3. The molecular weight excluding hydrogens is 432 g/mol. The van der Waals surface area contributed by atoms with Gasteiger partial charge in [0.25, 0.3) is 5.91 Å². The fourth-order valence-electron chi connectivity index (χ4n) is 3.00. The van der Waals surface area contributed by atoms with E-state index in [1.807, 2.05) is 18.2 Å². The molecule has 1 aromatic carbocycles. The molecule has 0 radical (unpaired) electrons. The molecule has 0 saturated carbocycles. The number of aromatic nitrogens is 2. The maximum absolute atomic E-state index is 12.4. The first-order valence-corrected chi connectivity index (χ1v) is 11.4. The third-order valence-electron chi connectivity index (χ3n) is 4.69. The van der Waals surface area contributed by atoms with E-state index >= 15 is 0 Å². The van der Waals surface area contributed by atoms with Crippen molar-refractivity contribution < 1.29 is 14.0 Å². The van der Waals surface area contributed by atoms with Crippen molar-refractivity contribution in [3.05, 3.63) is 70.8 Å². The molecule has 7 nitrogen and oxygen atoms in total. The molecule has 2 N–H and O–H groups in total. The molecule has 2 amide bonds. The van der Waals surface area contributed by atoms with Gasteiger partial charge in [-0.25, -0.2) is 9.97 Å². The van der Waals surface area contributed by atoms with Crippen LogP contribution in [0.15, 0.2) is 58.4 Å². The highest BCUT2D eigenvalue weighted by atomic mass is 32.2. The number of hydrogen-bond acceptors (Lipinski definition) is 7. The van der Waals surface area contributed by atoms with Crippen LogP contribution in [0.1, 0.15) is 26.6 Å². The van der Waals surface area contributed by atoms with Crippen molar-refractivity contribution in [1.29, 1.82) is 0 Å². The van der Waals surface area contributed by atoms with Gasteiger partial charge in [-0.05, 0) is 49.2 Å². The highest BCUT2D eigenvalue weighted by molar-refractivity contribution is 8.00. The van der Waals surface area contributed by atoms with Crippen LogP contribution in [-0.4, -0.2) is 27.5 Å². The Labute approximate surface area is 187 Å². The predicted molar refractivity (Wildman–Crippen MR) is 123 cm³/mol. The number of amides is 2. The number of benzene rings is 1. The summed E-state index contributed by atoms with van der Waals surface area (Å²) in [5, 5.41) is 7.55. The van der Waals surface area contributed by atoms with Crippen LogP contribution in [0.3, 0.4) is 0 Å². The number of nitrogens with one attached hydrogen (secondary N) is 2. The van der Waals surface area contributed by atoms with Gasteiger partial charge >= 0.3 is 0 Å². The molecule has 9 heteroatoms. The lowest BCUT2D eigenvalue weighted by Crippen LogP contribution is -2.24. The Morgan fingerprint density at radius 3 is 2.84 bits per heavy atom. The van der Waals surface area contributed by atoms with Gasteiger partial charge in [-0.2, -0.15) is 0 Å². The molecule has 0 saturated heterocycles. The van der Waals surface area contributed by atoms with E-state index < -0.39 is 0 Å². The molecule has 3 aromatic heterocycles. The van der Waals surface area contributed by atoms with Crippen molar-refractivity contribution in [1.82, 2.24) is 15.3 Å². The van der Waals surface area contributed by atoms with E-state index in [0.29, 0.717) is 12.2 Å². The minimum absolute atomic E-state index is 0.0913. The molecule has 4 rings (SSSR count). The average Bonchev–Trinajstić information content (AvgIpc) is 3.40. The summed E-state index contributed by atoms with van der Waals surface area (Å²) in [7, 11) is 0. The van der Waals surface area contributed by atoms with Crippen LogP contribution >= 0.6 is 23.1 Å². The molecule has 0 aliphatic heterocycles. The number of thioether (sulfide) groups is 1. The zero-order chi connectivity index (χ0) is 21.8. The minimum Gasteiger partial charge on any atom is -0.459 e. The molecule has 3 heterocycles. The maximum Gasteiger partial charge on any atom is 0.291 e. The van der Waals surface area contributed by atoms with Gasteiger partial charge < -0.3 is 15.1 Å². The number of nitrogens with zero attached hydrogens (tertiary/aromatic N) is 2. The zero-order valence-corrected chi connectivity index (χ0v) is 18.6. The Balaban J connectivity index is 1.33. The van der Waals surface area contributed by atoms with Gasteiger partial charge in [-0.1, -0.05) is 23.9 Å². The number of fused-ring (bicyclic) bond motifs is 1. The SMILES string of the molecule is Cc1sc2ncnc(SCC(=O)NCc3cccc(NC(=O)c4ccco4)c3)c2c1C. The topological polar surface area (TPSA) is 97.1 Å². The van der Waals surface area contributed by atoms with Gasteiger partial charge in [0.1, 0.15) is 16.2 Å². The summed E-state index contributed by atoms with van der Waals surface area (Å²) in [6, 6.07) is 10.6. The van der Waals surface area contributed by atoms with Gasteiger partial charge in [0.15, 0.2) is 5.76 Å². The fourth-order valence-corrected chi connectivity index (χ4v) is 4.95. The molecule has 0 fully saturated rings. The molecular formula is C22H20N4O3S2. The first-order chi connectivity index (χ1) is 15.0. The summed E-state index contributed by atoms with van der Waals surface area (Å²) in [5.41, 5.74) is 2.68. The number of furan rings is 1. The van der Waals surface area contributed by atoms with E-state index in [2.05, 4.69) is 34.4 Å². The van der Waals surface area contributed by atoms with E-state index in [4.69, 9.17) is 4.42 Å². The smallest absolute Gasteiger partial charge is 0.291 e. The van der Waals surface area contributed by atoms with Gasteiger partial charge in [-0.15, -0.1) is 11.3 Å². The zero-order valence-electron chi connectivity index (χ0n) is 17.0.